The van der Waals surface area contributed by atoms with Gasteiger partial charge in [-0.1, -0.05) is 31.5 Å². The Morgan fingerprint density at radius 2 is 2.00 bits per heavy atom. The van der Waals surface area contributed by atoms with Crippen molar-refractivity contribution in [2.24, 2.45) is 5.41 Å². The number of rotatable bonds is 1. The van der Waals surface area contributed by atoms with Gasteiger partial charge in [-0.15, -0.1) is 0 Å². The number of hydrogen-bond donors (Lipinski definition) is 0. The van der Waals surface area contributed by atoms with Gasteiger partial charge in [-0.25, -0.2) is 9.67 Å². The highest BCUT2D eigenvalue weighted by Gasteiger charge is 2.32. The number of benzene rings is 1. The standard InChI is InChI=1S/C19H18ClN3O/c1-11-14-8-15-16(9-19(2,3)10-17(15)24)21-18(14)23(22-11)13-6-4-5-12(20)7-13/h4-8H,9-10H2,1-3H3. The summed E-state index contributed by atoms with van der Waals surface area (Å²) >= 11 is 6.12. The molecule has 1 aliphatic carbocycles. The van der Waals surface area contributed by atoms with Gasteiger partial charge in [-0.2, -0.15) is 5.10 Å². The zero-order valence-corrected chi connectivity index (χ0v) is 14.7. The summed E-state index contributed by atoms with van der Waals surface area (Å²) in [6.45, 7) is 6.16. The fourth-order valence-electron chi connectivity index (χ4n) is 3.43. The van der Waals surface area contributed by atoms with Gasteiger partial charge in [0.05, 0.1) is 17.1 Å². The van der Waals surface area contributed by atoms with Crippen LogP contribution in [0.15, 0.2) is 30.3 Å². The van der Waals surface area contributed by atoms with Crippen LogP contribution in [0.2, 0.25) is 5.02 Å². The third-order valence-electron chi connectivity index (χ3n) is 4.56. The Labute approximate surface area is 145 Å². The first-order chi connectivity index (χ1) is 11.3. The van der Waals surface area contributed by atoms with Crippen molar-refractivity contribution in [3.8, 4) is 5.69 Å². The van der Waals surface area contributed by atoms with Crippen molar-refractivity contribution in [3.63, 3.8) is 0 Å². The highest BCUT2D eigenvalue weighted by Crippen LogP contribution is 2.35. The molecule has 0 amide bonds. The van der Waals surface area contributed by atoms with Crippen LogP contribution in [-0.4, -0.2) is 20.5 Å². The lowest BCUT2D eigenvalue weighted by Crippen LogP contribution is -2.27. The van der Waals surface area contributed by atoms with E-state index in [0.29, 0.717) is 11.4 Å². The summed E-state index contributed by atoms with van der Waals surface area (Å²) in [5, 5.41) is 6.19. The number of hydrogen-bond acceptors (Lipinski definition) is 3. The van der Waals surface area contributed by atoms with Crippen LogP contribution in [0.1, 0.15) is 42.0 Å². The van der Waals surface area contributed by atoms with Crippen molar-refractivity contribution in [2.75, 3.05) is 0 Å². The Hall–Kier alpha value is -2.20. The van der Waals surface area contributed by atoms with Crippen LogP contribution in [0.4, 0.5) is 0 Å². The number of carbonyl (C=O) groups is 1. The van der Waals surface area contributed by atoms with Gasteiger partial charge in [0.1, 0.15) is 0 Å². The topological polar surface area (TPSA) is 47.8 Å². The molecule has 0 radical (unpaired) electrons. The number of aromatic nitrogens is 3. The molecule has 2 heterocycles. The first-order valence-electron chi connectivity index (χ1n) is 8.02. The zero-order valence-electron chi connectivity index (χ0n) is 13.9. The van der Waals surface area contributed by atoms with E-state index in [1.165, 1.54) is 0 Å². The Morgan fingerprint density at radius 1 is 1.21 bits per heavy atom. The second-order valence-electron chi connectivity index (χ2n) is 7.27. The molecule has 4 nitrogen and oxygen atoms in total. The average Bonchev–Trinajstić information content (AvgIpc) is 2.81. The molecule has 2 aromatic heterocycles. The molecule has 0 aliphatic heterocycles. The first kappa shape index (κ1) is 15.3. The Morgan fingerprint density at radius 3 is 2.75 bits per heavy atom. The average molecular weight is 340 g/mol. The van der Waals surface area contributed by atoms with Crippen molar-refractivity contribution >= 4 is 28.4 Å². The van der Waals surface area contributed by atoms with Gasteiger partial charge in [0.15, 0.2) is 11.4 Å². The number of Topliss-reactive ketones (excluding diaryl/α,β-unsaturated/α-hetero) is 1. The van der Waals surface area contributed by atoms with Crippen molar-refractivity contribution in [2.45, 2.75) is 33.6 Å². The van der Waals surface area contributed by atoms with Crippen molar-refractivity contribution in [1.29, 1.82) is 0 Å². The minimum atomic E-state index is -0.0549. The van der Waals surface area contributed by atoms with Crippen LogP contribution in [-0.2, 0) is 6.42 Å². The molecule has 3 aromatic rings. The lowest BCUT2D eigenvalue weighted by Gasteiger charge is -2.29. The molecule has 0 saturated heterocycles. The second-order valence-corrected chi connectivity index (χ2v) is 7.71. The molecule has 122 valence electrons. The fraction of sp³-hybridized carbons (Fsp3) is 0.316. The largest absolute Gasteiger partial charge is 0.294 e. The van der Waals surface area contributed by atoms with Gasteiger partial charge in [0, 0.05) is 22.4 Å². The van der Waals surface area contributed by atoms with Crippen molar-refractivity contribution in [1.82, 2.24) is 14.8 Å². The molecule has 4 rings (SSSR count). The predicted octanol–water partition coefficient (Wildman–Crippen LogP) is 4.54. The molecule has 0 fully saturated rings. The van der Waals surface area contributed by atoms with Gasteiger partial charge < -0.3 is 0 Å². The Kier molecular flexibility index (Phi) is 3.29. The third kappa shape index (κ3) is 2.42. The van der Waals surface area contributed by atoms with Crippen LogP contribution in [0.5, 0.6) is 0 Å². The molecule has 0 unspecified atom stereocenters. The maximum atomic E-state index is 12.5. The molecule has 0 saturated carbocycles. The molecule has 0 spiro atoms. The van der Waals surface area contributed by atoms with E-state index in [9.17, 15) is 4.79 Å². The molecular formula is C19H18ClN3O. The van der Waals surface area contributed by atoms with Crippen LogP contribution < -0.4 is 0 Å². The van der Waals surface area contributed by atoms with Crippen molar-refractivity contribution < 1.29 is 4.79 Å². The number of pyridine rings is 1. The predicted molar refractivity (Wildman–Crippen MR) is 95.0 cm³/mol. The summed E-state index contributed by atoms with van der Waals surface area (Å²) in [7, 11) is 0. The van der Waals surface area contributed by atoms with Gasteiger partial charge >= 0.3 is 0 Å². The quantitative estimate of drug-likeness (QED) is 0.654. The SMILES string of the molecule is Cc1nn(-c2cccc(Cl)c2)c2nc3c(cc12)C(=O)CC(C)(C)C3. The van der Waals surface area contributed by atoms with Gasteiger partial charge in [0.25, 0.3) is 0 Å². The summed E-state index contributed by atoms with van der Waals surface area (Å²) in [4.78, 5) is 17.3. The Balaban J connectivity index is 1.97. The maximum absolute atomic E-state index is 12.5. The van der Waals surface area contributed by atoms with E-state index >= 15 is 0 Å². The summed E-state index contributed by atoms with van der Waals surface area (Å²) in [6, 6.07) is 9.50. The number of aryl methyl sites for hydroxylation is 1. The van der Waals surface area contributed by atoms with Crippen LogP contribution in [0.3, 0.4) is 0 Å². The minimum absolute atomic E-state index is 0.0549. The summed E-state index contributed by atoms with van der Waals surface area (Å²) < 4.78 is 1.81. The lowest BCUT2D eigenvalue weighted by atomic mass is 9.75. The van der Waals surface area contributed by atoms with E-state index in [-0.39, 0.29) is 11.2 Å². The minimum Gasteiger partial charge on any atom is -0.294 e. The maximum Gasteiger partial charge on any atom is 0.165 e. The molecule has 0 atom stereocenters. The van der Waals surface area contributed by atoms with Gasteiger partial charge in [0.2, 0.25) is 0 Å². The smallest absolute Gasteiger partial charge is 0.165 e. The Bertz CT molecular complexity index is 988. The van der Waals surface area contributed by atoms with E-state index in [0.717, 1.165) is 40.1 Å². The fourth-order valence-corrected chi connectivity index (χ4v) is 3.61. The van der Waals surface area contributed by atoms with Crippen LogP contribution in [0.25, 0.3) is 16.7 Å². The summed E-state index contributed by atoms with van der Waals surface area (Å²) in [5.74, 6) is 0.172. The lowest BCUT2D eigenvalue weighted by molar-refractivity contribution is 0.0910. The number of ketones is 1. The molecule has 1 aromatic carbocycles. The summed E-state index contributed by atoms with van der Waals surface area (Å²) in [6.07, 6.45) is 1.36. The van der Waals surface area contributed by atoms with Gasteiger partial charge in [-0.05, 0) is 43.0 Å². The van der Waals surface area contributed by atoms with E-state index in [4.69, 9.17) is 16.6 Å². The van der Waals surface area contributed by atoms with Crippen molar-refractivity contribution in [3.05, 3.63) is 52.3 Å². The molecule has 24 heavy (non-hydrogen) atoms. The third-order valence-corrected chi connectivity index (χ3v) is 4.80. The van der Waals surface area contributed by atoms with E-state index in [2.05, 4.69) is 18.9 Å². The van der Waals surface area contributed by atoms with E-state index in [1.54, 1.807) is 0 Å². The molecule has 0 bridgehead atoms. The highest BCUT2D eigenvalue weighted by molar-refractivity contribution is 6.30. The number of fused-ring (bicyclic) bond motifs is 2. The van der Waals surface area contributed by atoms with Crippen LogP contribution >= 0.6 is 11.6 Å². The molecule has 5 heteroatoms. The zero-order chi connectivity index (χ0) is 17.1. The number of carbonyl (C=O) groups excluding carboxylic acids is 1. The molecular weight excluding hydrogens is 322 g/mol. The normalized spacial score (nSPS) is 16.4. The number of nitrogens with zero attached hydrogens (tertiary/aromatic N) is 3. The first-order valence-corrected chi connectivity index (χ1v) is 8.40. The monoisotopic (exact) mass is 339 g/mol. The molecule has 0 N–H and O–H groups in total. The van der Waals surface area contributed by atoms with E-state index < -0.39 is 0 Å². The second kappa shape index (κ2) is 5.15. The van der Waals surface area contributed by atoms with Crippen LogP contribution in [0, 0.1) is 12.3 Å². The number of halogens is 1. The highest BCUT2D eigenvalue weighted by atomic mass is 35.5. The molecule has 1 aliphatic rings. The van der Waals surface area contributed by atoms with Gasteiger partial charge in [-0.3, -0.25) is 4.79 Å². The van der Waals surface area contributed by atoms with E-state index in [1.807, 2.05) is 41.9 Å². The summed E-state index contributed by atoms with van der Waals surface area (Å²) in [5.41, 5.74) is 4.06.